The van der Waals surface area contributed by atoms with Crippen molar-refractivity contribution in [3.05, 3.63) is 35.6 Å². The van der Waals surface area contributed by atoms with Crippen molar-refractivity contribution in [1.82, 2.24) is 5.32 Å². The number of hydrogen-bond acceptors (Lipinski definition) is 3. The number of nitrogens with two attached hydrogens (primary N) is 1. The molecule has 1 aromatic carbocycles. The number of primary sulfonamides is 1. The lowest BCUT2D eigenvalue weighted by Gasteiger charge is -2.03. The molecule has 0 aliphatic carbocycles. The van der Waals surface area contributed by atoms with Crippen LogP contribution in [0.25, 0.3) is 0 Å². The molecule has 0 bridgehead atoms. The number of nitrogens with one attached hydrogen (secondary N) is 1. The Morgan fingerprint density at radius 1 is 1.27 bits per heavy atom. The smallest absolute Gasteiger partial charge is 0.210 e. The van der Waals surface area contributed by atoms with Gasteiger partial charge in [-0.05, 0) is 17.7 Å². The van der Waals surface area contributed by atoms with Crippen LogP contribution in [0.15, 0.2) is 24.3 Å². The van der Waals surface area contributed by atoms with E-state index in [4.69, 9.17) is 5.14 Å². The molecule has 0 spiro atoms. The first kappa shape index (κ1) is 12.1. The highest BCUT2D eigenvalue weighted by molar-refractivity contribution is 7.89. The zero-order valence-electron chi connectivity index (χ0n) is 8.11. The number of rotatable bonds is 5. The SMILES string of the molecule is NS(=O)(=O)CCNCc1ccc(F)cc1. The molecule has 3 N–H and O–H groups in total. The van der Waals surface area contributed by atoms with Crippen molar-refractivity contribution >= 4 is 10.0 Å². The molecule has 0 aromatic heterocycles. The third-order valence-electron chi connectivity index (χ3n) is 1.81. The van der Waals surface area contributed by atoms with E-state index >= 15 is 0 Å². The standard InChI is InChI=1S/C9H13FN2O2S/c10-9-3-1-8(2-4-9)7-12-5-6-15(11,13)14/h1-4,12H,5-7H2,(H2,11,13,14). The summed E-state index contributed by atoms with van der Waals surface area (Å²) in [6.45, 7) is 0.784. The summed E-state index contributed by atoms with van der Waals surface area (Å²) in [4.78, 5) is 0. The quantitative estimate of drug-likeness (QED) is 0.712. The minimum Gasteiger partial charge on any atom is -0.312 e. The van der Waals surface area contributed by atoms with Crippen LogP contribution in [0, 0.1) is 5.82 Å². The van der Waals surface area contributed by atoms with E-state index in [1.165, 1.54) is 12.1 Å². The van der Waals surface area contributed by atoms with Gasteiger partial charge in [0.15, 0.2) is 0 Å². The predicted molar refractivity (Wildman–Crippen MR) is 56.1 cm³/mol. The van der Waals surface area contributed by atoms with Crippen molar-refractivity contribution in [2.45, 2.75) is 6.54 Å². The Morgan fingerprint density at radius 3 is 2.40 bits per heavy atom. The second-order valence-electron chi connectivity index (χ2n) is 3.17. The fourth-order valence-corrected chi connectivity index (χ4v) is 1.48. The molecule has 0 fully saturated rings. The first-order valence-corrected chi connectivity index (χ1v) is 6.14. The molecule has 0 aliphatic rings. The summed E-state index contributed by atoms with van der Waals surface area (Å²) < 4.78 is 33.7. The first-order chi connectivity index (χ1) is 6.97. The average Bonchev–Trinajstić information content (AvgIpc) is 2.14. The maximum atomic E-state index is 12.5. The van der Waals surface area contributed by atoms with E-state index < -0.39 is 10.0 Å². The monoisotopic (exact) mass is 232 g/mol. The molecule has 0 amide bonds. The summed E-state index contributed by atoms with van der Waals surface area (Å²) in [5.74, 6) is -0.392. The van der Waals surface area contributed by atoms with Gasteiger partial charge in [-0.25, -0.2) is 17.9 Å². The van der Waals surface area contributed by atoms with E-state index in [-0.39, 0.29) is 18.1 Å². The molecule has 0 atom stereocenters. The molecule has 84 valence electrons. The maximum Gasteiger partial charge on any atom is 0.210 e. The number of sulfonamides is 1. The highest BCUT2D eigenvalue weighted by Crippen LogP contribution is 2.01. The van der Waals surface area contributed by atoms with Crippen LogP contribution in [-0.2, 0) is 16.6 Å². The second kappa shape index (κ2) is 5.20. The van der Waals surface area contributed by atoms with Crippen molar-refractivity contribution in [2.24, 2.45) is 5.14 Å². The third-order valence-corrected chi connectivity index (χ3v) is 2.58. The summed E-state index contributed by atoms with van der Waals surface area (Å²) in [5.41, 5.74) is 0.894. The highest BCUT2D eigenvalue weighted by atomic mass is 32.2. The van der Waals surface area contributed by atoms with Crippen LogP contribution in [0.5, 0.6) is 0 Å². The molecule has 0 radical (unpaired) electrons. The maximum absolute atomic E-state index is 12.5. The van der Waals surface area contributed by atoms with Gasteiger partial charge in [0, 0.05) is 13.1 Å². The summed E-state index contributed by atoms with van der Waals surface area (Å²) in [6.07, 6.45) is 0. The van der Waals surface area contributed by atoms with Gasteiger partial charge in [0.05, 0.1) is 5.75 Å². The zero-order chi connectivity index (χ0) is 11.3. The third kappa shape index (κ3) is 5.46. The molecule has 0 saturated carbocycles. The Hall–Kier alpha value is -0.980. The van der Waals surface area contributed by atoms with Gasteiger partial charge in [0.1, 0.15) is 5.82 Å². The fourth-order valence-electron chi connectivity index (χ4n) is 1.05. The number of halogens is 1. The van der Waals surface area contributed by atoms with E-state index in [9.17, 15) is 12.8 Å². The van der Waals surface area contributed by atoms with E-state index in [0.29, 0.717) is 6.54 Å². The van der Waals surface area contributed by atoms with Crippen LogP contribution in [-0.4, -0.2) is 20.7 Å². The molecule has 4 nitrogen and oxygen atoms in total. The van der Waals surface area contributed by atoms with Crippen molar-refractivity contribution < 1.29 is 12.8 Å². The van der Waals surface area contributed by atoms with Gasteiger partial charge in [0.2, 0.25) is 10.0 Å². The van der Waals surface area contributed by atoms with Crippen LogP contribution < -0.4 is 10.5 Å². The van der Waals surface area contributed by atoms with Gasteiger partial charge >= 0.3 is 0 Å². The average molecular weight is 232 g/mol. The van der Waals surface area contributed by atoms with Gasteiger partial charge in [0.25, 0.3) is 0 Å². The first-order valence-electron chi connectivity index (χ1n) is 4.43. The van der Waals surface area contributed by atoms with Crippen LogP contribution in [0.4, 0.5) is 4.39 Å². The Balaban J connectivity index is 2.29. The van der Waals surface area contributed by atoms with Crippen LogP contribution in [0.3, 0.4) is 0 Å². The van der Waals surface area contributed by atoms with E-state index in [1.807, 2.05) is 0 Å². The minimum atomic E-state index is -3.41. The molecule has 6 heteroatoms. The Labute approximate surface area is 88.3 Å². The molecule has 0 heterocycles. The Kier molecular flexibility index (Phi) is 4.19. The van der Waals surface area contributed by atoms with Gasteiger partial charge in [-0.15, -0.1) is 0 Å². The fraction of sp³-hybridized carbons (Fsp3) is 0.333. The summed E-state index contributed by atoms with van der Waals surface area (Å²) in [6, 6.07) is 5.99. The Morgan fingerprint density at radius 2 is 1.87 bits per heavy atom. The summed E-state index contributed by atoms with van der Waals surface area (Å²) >= 11 is 0. The minimum absolute atomic E-state index is 0.103. The normalized spacial score (nSPS) is 11.6. The van der Waals surface area contributed by atoms with Crippen molar-refractivity contribution in [3.63, 3.8) is 0 Å². The molecular formula is C9H13FN2O2S. The molecule has 0 saturated heterocycles. The second-order valence-corrected chi connectivity index (χ2v) is 4.90. The van der Waals surface area contributed by atoms with E-state index in [1.54, 1.807) is 12.1 Å². The number of hydrogen-bond donors (Lipinski definition) is 2. The molecule has 0 aliphatic heterocycles. The molecule has 15 heavy (non-hydrogen) atoms. The van der Waals surface area contributed by atoms with Gasteiger partial charge < -0.3 is 5.32 Å². The predicted octanol–water partition coefficient (Wildman–Crippen LogP) is 0.204. The summed E-state index contributed by atoms with van der Waals surface area (Å²) in [7, 11) is -3.41. The van der Waals surface area contributed by atoms with Crippen molar-refractivity contribution in [3.8, 4) is 0 Å². The van der Waals surface area contributed by atoms with Gasteiger partial charge in [-0.1, -0.05) is 12.1 Å². The molecule has 0 unspecified atom stereocenters. The lowest BCUT2D eigenvalue weighted by molar-refractivity contribution is 0.592. The largest absolute Gasteiger partial charge is 0.312 e. The van der Waals surface area contributed by atoms with Gasteiger partial charge in [-0.3, -0.25) is 0 Å². The van der Waals surface area contributed by atoms with Crippen LogP contribution in [0.1, 0.15) is 5.56 Å². The van der Waals surface area contributed by atoms with Crippen molar-refractivity contribution in [1.29, 1.82) is 0 Å². The lowest BCUT2D eigenvalue weighted by atomic mass is 10.2. The lowest BCUT2D eigenvalue weighted by Crippen LogP contribution is -2.26. The van der Waals surface area contributed by atoms with Crippen LogP contribution in [0.2, 0.25) is 0 Å². The highest BCUT2D eigenvalue weighted by Gasteiger charge is 2.01. The van der Waals surface area contributed by atoms with E-state index in [2.05, 4.69) is 5.32 Å². The van der Waals surface area contributed by atoms with Crippen LogP contribution >= 0.6 is 0 Å². The molecule has 1 aromatic rings. The summed E-state index contributed by atoms with van der Waals surface area (Å²) in [5, 5.41) is 7.71. The van der Waals surface area contributed by atoms with E-state index in [0.717, 1.165) is 5.56 Å². The number of benzene rings is 1. The Bertz CT molecular complexity index is 403. The van der Waals surface area contributed by atoms with Crippen molar-refractivity contribution in [2.75, 3.05) is 12.3 Å². The topological polar surface area (TPSA) is 72.2 Å². The molecule has 1 rings (SSSR count). The zero-order valence-corrected chi connectivity index (χ0v) is 8.93. The van der Waals surface area contributed by atoms with Gasteiger partial charge in [-0.2, -0.15) is 0 Å². The molecular weight excluding hydrogens is 219 g/mol.